The van der Waals surface area contributed by atoms with Crippen molar-refractivity contribution in [3.05, 3.63) is 67.6 Å². The zero-order chi connectivity index (χ0) is 17.3. The third-order valence-corrected chi connectivity index (χ3v) is 5.55. The molecule has 1 amide bonds. The number of nitrogens with one attached hydrogen (secondary N) is 1. The van der Waals surface area contributed by atoms with Gasteiger partial charge in [0.25, 0.3) is 5.91 Å². The summed E-state index contributed by atoms with van der Waals surface area (Å²) < 4.78 is 13.6. The monoisotopic (exact) mass is 360 g/mol. The Bertz CT molecular complexity index is 898. The van der Waals surface area contributed by atoms with Crippen molar-refractivity contribution in [2.75, 3.05) is 5.32 Å². The van der Waals surface area contributed by atoms with E-state index in [-0.39, 0.29) is 11.7 Å². The SMILES string of the molecule is Cc1cc(C(=O)Nc2ncc(Cc3ccc(C)c(F)c3)s2)c(C)s1. The van der Waals surface area contributed by atoms with E-state index in [2.05, 4.69) is 10.3 Å². The quantitative estimate of drug-likeness (QED) is 0.702. The van der Waals surface area contributed by atoms with Crippen LogP contribution in [0.3, 0.4) is 0 Å². The molecule has 124 valence electrons. The summed E-state index contributed by atoms with van der Waals surface area (Å²) in [5.74, 6) is -0.340. The first-order valence-electron chi connectivity index (χ1n) is 7.50. The van der Waals surface area contributed by atoms with Gasteiger partial charge in [-0.1, -0.05) is 12.1 Å². The van der Waals surface area contributed by atoms with Gasteiger partial charge in [0.1, 0.15) is 5.82 Å². The van der Waals surface area contributed by atoms with Gasteiger partial charge in [0, 0.05) is 27.2 Å². The number of benzene rings is 1. The Balaban J connectivity index is 1.70. The van der Waals surface area contributed by atoms with Crippen molar-refractivity contribution >= 4 is 33.7 Å². The van der Waals surface area contributed by atoms with Gasteiger partial charge in [0.15, 0.2) is 5.13 Å². The largest absolute Gasteiger partial charge is 0.298 e. The topological polar surface area (TPSA) is 42.0 Å². The van der Waals surface area contributed by atoms with E-state index in [1.54, 1.807) is 36.6 Å². The number of halogens is 1. The highest BCUT2D eigenvalue weighted by atomic mass is 32.1. The summed E-state index contributed by atoms with van der Waals surface area (Å²) in [6.45, 7) is 5.66. The lowest BCUT2D eigenvalue weighted by Crippen LogP contribution is -2.11. The van der Waals surface area contributed by atoms with Crippen LogP contribution in [-0.2, 0) is 6.42 Å². The van der Waals surface area contributed by atoms with E-state index in [4.69, 9.17) is 0 Å². The summed E-state index contributed by atoms with van der Waals surface area (Å²) in [7, 11) is 0. The number of nitrogens with zero attached hydrogens (tertiary/aromatic N) is 1. The fraction of sp³-hybridized carbons (Fsp3) is 0.222. The molecule has 0 spiro atoms. The summed E-state index contributed by atoms with van der Waals surface area (Å²) >= 11 is 3.02. The number of carbonyl (C=O) groups excluding carboxylic acids is 1. The molecule has 3 rings (SSSR count). The van der Waals surface area contributed by atoms with Crippen molar-refractivity contribution in [1.82, 2.24) is 4.98 Å². The summed E-state index contributed by atoms with van der Waals surface area (Å²) in [4.78, 5) is 19.6. The summed E-state index contributed by atoms with van der Waals surface area (Å²) in [6.07, 6.45) is 2.32. The first kappa shape index (κ1) is 16.8. The molecular formula is C18H17FN2OS2. The molecule has 0 atom stereocenters. The number of amides is 1. The fourth-order valence-electron chi connectivity index (χ4n) is 2.42. The van der Waals surface area contributed by atoms with E-state index in [1.807, 2.05) is 26.0 Å². The molecule has 3 aromatic rings. The van der Waals surface area contributed by atoms with E-state index in [9.17, 15) is 9.18 Å². The van der Waals surface area contributed by atoms with Gasteiger partial charge in [-0.2, -0.15) is 0 Å². The van der Waals surface area contributed by atoms with E-state index in [0.29, 0.717) is 22.7 Å². The standard InChI is InChI=1S/C18H17FN2OS2/c1-10-4-5-13(8-16(10)19)7-14-9-20-18(24-14)21-17(22)15-6-11(2)23-12(15)3/h4-6,8-9H,7H2,1-3H3,(H,20,21,22). The first-order valence-corrected chi connectivity index (χ1v) is 9.14. The molecule has 24 heavy (non-hydrogen) atoms. The lowest BCUT2D eigenvalue weighted by atomic mass is 10.1. The number of rotatable bonds is 4. The van der Waals surface area contributed by atoms with Crippen LogP contribution in [0.1, 0.15) is 36.1 Å². The van der Waals surface area contributed by atoms with Gasteiger partial charge in [-0.15, -0.1) is 22.7 Å². The average molecular weight is 360 g/mol. The molecule has 0 radical (unpaired) electrons. The molecule has 0 bridgehead atoms. The second-order valence-electron chi connectivity index (χ2n) is 5.67. The van der Waals surface area contributed by atoms with Gasteiger partial charge >= 0.3 is 0 Å². The smallest absolute Gasteiger partial charge is 0.258 e. The van der Waals surface area contributed by atoms with E-state index in [0.717, 1.165) is 20.2 Å². The molecule has 0 fully saturated rings. The second kappa shape index (κ2) is 6.83. The normalized spacial score (nSPS) is 10.8. The van der Waals surface area contributed by atoms with Crippen LogP contribution in [0.4, 0.5) is 9.52 Å². The Kier molecular flexibility index (Phi) is 4.78. The number of anilines is 1. The summed E-state index contributed by atoms with van der Waals surface area (Å²) in [5, 5.41) is 3.40. The molecule has 1 N–H and O–H groups in total. The van der Waals surface area contributed by atoms with Crippen molar-refractivity contribution in [3.8, 4) is 0 Å². The van der Waals surface area contributed by atoms with Gasteiger partial charge in [-0.05, 0) is 44.0 Å². The van der Waals surface area contributed by atoms with Gasteiger partial charge in [-0.3, -0.25) is 10.1 Å². The van der Waals surface area contributed by atoms with Gasteiger partial charge in [0.2, 0.25) is 0 Å². The highest BCUT2D eigenvalue weighted by Crippen LogP contribution is 2.25. The Morgan fingerprint density at radius 3 is 2.67 bits per heavy atom. The van der Waals surface area contributed by atoms with Crippen molar-refractivity contribution in [1.29, 1.82) is 0 Å². The zero-order valence-electron chi connectivity index (χ0n) is 13.6. The molecule has 2 aromatic heterocycles. The van der Waals surface area contributed by atoms with Crippen LogP contribution >= 0.6 is 22.7 Å². The highest BCUT2D eigenvalue weighted by Gasteiger charge is 2.14. The number of aromatic nitrogens is 1. The molecule has 0 aliphatic heterocycles. The molecule has 3 nitrogen and oxygen atoms in total. The maximum atomic E-state index is 13.6. The third-order valence-electron chi connectivity index (χ3n) is 3.67. The van der Waals surface area contributed by atoms with Gasteiger partial charge in [0.05, 0.1) is 5.56 Å². The molecule has 0 saturated heterocycles. The Hall–Kier alpha value is -2.05. The molecule has 1 aromatic carbocycles. The van der Waals surface area contributed by atoms with Gasteiger partial charge in [-0.25, -0.2) is 9.37 Å². The summed E-state index contributed by atoms with van der Waals surface area (Å²) in [6, 6.07) is 7.12. The molecule has 6 heteroatoms. The number of thiophene rings is 1. The lowest BCUT2D eigenvalue weighted by Gasteiger charge is -2.01. The molecule has 2 heterocycles. The second-order valence-corrected chi connectivity index (χ2v) is 8.25. The minimum atomic E-state index is -0.200. The van der Waals surface area contributed by atoms with Crippen molar-refractivity contribution < 1.29 is 9.18 Å². The van der Waals surface area contributed by atoms with Crippen molar-refractivity contribution in [3.63, 3.8) is 0 Å². The number of aryl methyl sites for hydroxylation is 3. The molecule has 0 saturated carbocycles. The number of thiazole rings is 1. The van der Waals surface area contributed by atoms with E-state index < -0.39 is 0 Å². The highest BCUT2D eigenvalue weighted by molar-refractivity contribution is 7.15. The summed E-state index contributed by atoms with van der Waals surface area (Å²) in [5.41, 5.74) is 2.22. The third kappa shape index (κ3) is 3.71. The fourth-order valence-corrected chi connectivity index (χ4v) is 4.18. The number of carbonyl (C=O) groups is 1. The first-order chi connectivity index (χ1) is 11.4. The van der Waals surface area contributed by atoms with Crippen LogP contribution in [-0.4, -0.2) is 10.9 Å². The van der Waals surface area contributed by atoms with Crippen LogP contribution in [0.15, 0.2) is 30.5 Å². The van der Waals surface area contributed by atoms with Crippen LogP contribution in [0.5, 0.6) is 0 Å². The molecule has 0 aliphatic carbocycles. The predicted molar refractivity (Wildman–Crippen MR) is 97.8 cm³/mol. The molecule has 0 unspecified atom stereocenters. The maximum absolute atomic E-state index is 13.6. The van der Waals surface area contributed by atoms with Crippen LogP contribution in [0.2, 0.25) is 0 Å². The maximum Gasteiger partial charge on any atom is 0.258 e. The Morgan fingerprint density at radius 2 is 2.00 bits per heavy atom. The Morgan fingerprint density at radius 1 is 1.21 bits per heavy atom. The average Bonchev–Trinajstić information content (AvgIpc) is 3.09. The van der Waals surface area contributed by atoms with Crippen LogP contribution in [0, 0.1) is 26.6 Å². The predicted octanol–water partition coefficient (Wildman–Crippen LogP) is 5.11. The Labute approximate surface area is 148 Å². The zero-order valence-corrected chi connectivity index (χ0v) is 15.3. The minimum Gasteiger partial charge on any atom is -0.298 e. The lowest BCUT2D eigenvalue weighted by molar-refractivity contribution is 0.102. The van der Waals surface area contributed by atoms with Crippen LogP contribution < -0.4 is 5.32 Å². The minimum absolute atomic E-state index is 0.140. The number of hydrogen-bond acceptors (Lipinski definition) is 4. The van der Waals surface area contributed by atoms with Gasteiger partial charge < -0.3 is 0 Å². The van der Waals surface area contributed by atoms with Crippen molar-refractivity contribution in [2.24, 2.45) is 0 Å². The van der Waals surface area contributed by atoms with Crippen molar-refractivity contribution in [2.45, 2.75) is 27.2 Å². The van der Waals surface area contributed by atoms with E-state index >= 15 is 0 Å². The molecular weight excluding hydrogens is 343 g/mol. The number of hydrogen-bond donors (Lipinski definition) is 1. The van der Waals surface area contributed by atoms with Crippen LogP contribution in [0.25, 0.3) is 0 Å². The molecule has 0 aliphatic rings. The van der Waals surface area contributed by atoms with E-state index in [1.165, 1.54) is 11.3 Å².